The number of halogens is 1. The van der Waals surface area contributed by atoms with Crippen molar-refractivity contribution in [1.29, 1.82) is 0 Å². The van der Waals surface area contributed by atoms with Gasteiger partial charge in [-0.15, -0.1) is 11.3 Å². The van der Waals surface area contributed by atoms with Gasteiger partial charge in [0.2, 0.25) is 0 Å². The Labute approximate surface area is 105 Å². The third kappa shape index (κ3) is 4.25. The molecule has 86 valence electrons. The molecule has 3 heteroatoms. The smallest absolute Gasteiger partial charge is 0.0701 e. The zero-order chi connectivity index (χ0) is 11.5. The largest absolute Gasteiger partial charge is 0.311 e. The highest BCUT2D eigenvalue weighted by atomic mass is 79.9. The highest BCUT2D eigenvalue weighted by Crippen LogP contribution is 2.25. The first-order valence-electron chi connectivity index (χ1n) is 5.37. The average Bonchev–Trinajstić information content (AvgIpc) is 2.51. The Morgan fingerprint density at radius 2 is 2.07 bits per heavy atom. The van der Waals surface area contributed by atoms with Crippen LogP contribution in [0.15, 0.2) is 15.9 Å². The van der Waals surface area contributed by atoms with Crippen LogP contribution in [0.5, 0.6) is 0 Å². The minimum absolute atomic E-state index is 0.370. The summed E-state index contributed by atoms with van der Waals surface area (Å²) in [6.45, 7) is 11.2. The molecule has 0 amide bonds. The average molecular weight is 290 g/mol. The zero-order valence-corrected chi connectivity index (χ0v) is 12.3. The Kier molecular flexibility index (Phi) is 4.81. The van der Waals surface area contributed by atoms with Gasteiger partial charge in [-0.05, 0) is 39.4 Å². The molecule has 1 nitrogen and oxygen atoms in total. The molecule has 0 aliphatic carbocycles. The Morgan fingerprint density at radius 3 is 2.53 bits per heavy atom. The maximum absolute atomic E-state index is 3.53. The van der Waals surface area contributed by atoms with Crippen molar-refractivity contribution in [3.05, 3.63) is 20.8 Å². The van der Waals surface area contributed by atoms with E-state index in [0.717, 1.165) is 13.1 Å². The maximum atomic E-state index is 3.53. The quantitative estimate of drug-likeness (QED) is 0.853. The van der Waals surface area contributed by atoms with Crippen LogP contribution < -0.4 is 5.32 Å². The lowest BCUT2D eigenvalue weighted by atomic mass is 9.81. The Bertz CT molecular complexity index is 304. The first-order valence-corrected chi connectivity index (χ1v) is 6.97. The van der Waals surface area contributed by atoms with Crippen molar-refractivity contribution in [3.8, 4) is 0 Å². The molecule has 1 aromatic heterocycles. The van der Waals surface area contributed by atoms with Crippen molar-refractivity contribution in [3.63, 3.8) is 0 Å². The van der Waals surface area contributed by atoms with Crippen LogP contribution in [0.1, 0.15) is 32.6 Å². The predicted octanol–water partition coefficient (Wildman–Crippen LogP) is 4.28. The van der Waals surface area contributed by atoms with Crippen LogP contribution in [0.25, 0.3) is 0 Å². The van der Waals surface area contributed by atoms with E-state index in [-0.39, 0.29) is 0 Å². The van der Waals surface area contributed by atoms with Gasteiger partial charge in [0.25, 0.3) is 0 Å². The molecule has 0 bridgehead atoms. The first kappa shape index (κ1) is 13.2. The zero-order valence-electron chi connectivity index (χ0n) is 9.93. The van der Waals surface area contributed by atoms with Gasteiger partial charge in [0.15, 0.2) is 0 Å². The molecule has 0 aliphatic rings. The molecule has 1 aromatic rings. The van der Waals surface area contributed by atoms with Crippen LogP contribution in [-0.2, 0) is 6.54 Å². The number of hydrogen-bond donors (Lipinski definition) is 1. The van der Waals surface area contributed by atoms with Gasteiger partial charge >= 0.3 is 0 Å². The van der Waals surface area contributed by atoms with Gasteiger partial charge in [0.1, 0.15) is 0 Å². The van der Waals surface area contributed by atoms with Crippen LogP contribution in [0.2, 0.25) is 0 Å². The summed E-state index contributed by atoms with van der Waals surface area (Å²) < 4.78 is 1.21. The third-order valence-electron chi connectivity index (χ3n) is 3.07. The second kappa shape index (κ2) is 5.46. The molecule has 1 rings (SSSR count). The number of thiophene rings is 1. The molecular formula is C12H20BrNS. The monoisotopic (exact) mass is 289 g/mol. The van der Waals surface area contributed by atoms with Crippen LogP contribution in [-0.4, -0.2) is 6.54 Å². The second-order valence-corrected chi connectivity index (χ2v) is 7.50. The van der Waals surface area contributed by atoms with Crippen LogP contribution in [0, 0.1) is 11.3 Å². The number of nitrogens with one attached hydrogen (secondary N) is 1. The molecule has 0 unspecified atom stereocenters. The molecule has 0 spiro atoms. The maximum Gasteiger partial charge on any atom is 0.0701 e. The van der Waals surface area contributed by atoms with Crippen molar-refractivity contribution >= 4 is 27.3 Å². The minimum Gasteiger partial charge on any atom is -0.311 e. The topological polar surface area (TPSA) is 12.0 Å². The molecule has 0 fully saturated rings. The molecule has 1 heterocycles. The van der Waals surface area contributed by atoms with E-state index in [2.05, 4.69) is 61.1 Å². The Hall–Kier alpha value is 0.140. The molecule has 15 heavy (non-hydrogen) atoms. The summed E-state index contributed by atoms with van der Waals surface area (Å²) in [5, 5.41) is 3.53. The highest BCUT2D eigenvalue weighted by Gasteiger charge is 2.21. The van der Waals surface area contributed by atoms with E-state index in [9.17, 15) is 0 Å². The first-order chi connectivity index (χ1) is 6.92. The van der Waals surface area contributed by atoms with E-state index in [1.165, 1.54) is 8.66 Å². The molecule has 0 atom stereocenters. The van der Waals surface area contributed by atoms with Crippen molar-refractivity contribution in [2.45, 2.75) is 34.2 Å². The molecule has 0 saturated heterocycles. The van der Waals surface area contributed by atoms with Gasteiger partial charge in [-0.3, -0.25) is 0 Å². The van der Waals surface area contributed by atoms with E-state index in [0.29, 0.717) is 11.3 Å². The van der Waals surface area contributed by atoms with E-state index in [4.69, 9.17) is 0 Å². The van der Waals surface area contributed by atoms with Crippen molar-refractivity contribution in [2.24, 2.45) is 11.3 Å². The summed E-state index contributed by atoms with van der Waals surface area (Å²) in [5.41, 5.74) is 0.370. The van der Waals surface area contributed by atoms with E-state index in [1.807, 2.05) is 0 Å². The summed E-state index contributed by atoms with van der Waals surface area (Å²) in [7, 11) is 0. The lowest BCUT2D eigenvalue weighted by Gasteiger charge is -2.29. The molecule has 0 aliphatic heterocycles. The predicted molar refractivity (Wildman–Crippen MR) is 72.3 cm³/mol. The lowest BCUT2D eigenvalue weighted by molar-refractivity contribution is 0.238. The van der Waals surface area contributed by atoms with Crippen molar-refractivity contribution < 1.29 is 0 Å². The summed E-state index contributed by atoms with van der Waals surface area (Å²) in [6.07, 6.45) is 0. The normalized spacial score (nSPS) is 12.4. The van der Waals surface area contributed by atoms with Crippen molar-refractivity contribution in [1.82, 2.24) is 5.32 Å². The van der Waals surface area contributed by atoms with Crippen LogP contribution in [0.3, 0.4) is 0 Å². The highest BCUT2D eigenvalue weighted by molar-refractivity contribution is 9.11. The summed E-state index contributed by atoms with van der Waals surface area (Å²) >= 11 is 5.28. The molecule has 0 aromatic carbocycles. The van der Waals surface area contributed by atoms with Gasteiger partial charge in [-0.25, -0.2) is 0 Å². The van der Waals surface area contributed by atoms with Gasteiger partial charge < -0.3 is 5.32 Å². The molecular weight excluding hydrogens is 270 g/mol. The minimum atomic E-state index is 0.370. The summed E-state index contributed by atoms with van der Waals surface area (Å²) in [6, 6.07) is 4.28. The molecule has 1 N–H and O–H groups in total. The fourth-order valence-electron chi connectivity index (χ4n) is 1.16. The van der Waals surface area contributed by atoms with Gasteiger partial charge in [0.05, 0.1) is 3.79 Å². The van der Waals surface area contributed by atoms with E-state index >= 15 is 0 Å². The Balaban J connectivity index is 2.33. The van der Waals surface area contributed by atoms with Crippen LogP contribution in [0.4, 0.5) is 0 Å². The third-order valence-corrected chi connectivity index (χ3v) is 4.70. The fourth-order valence-corrected chi connectivity index (χ4v) is 2.61. The van der Waals surface area contributed by atoms with Gasteiger partial charge in [-0.1, -0.05) is 27.7 Å². The second-order valence-electron chi connectivity index (χ2n) is 4.95. The van der Waals surface area contributed by atoms with E-state index < -0.39 is 0 Å². The number of rotatable bonds is 5. The van der Waals surface area contributed by atoms with E-state index in [1.54, 1.807) is 11.3 Å². The molecule has 0 saturated carbocycles. The van der Waals surface area contributed by atoms with Crippen LogP contribution >= 0.6 is 27.3 Å². The van der Waals surface area contributed by atoms with Gasteiger partial charge in [-0.2, -0.15) is 0 Å². The lowest BCUT2D eigenvalue weighted by Crippen LogP contribution is -2.32. The van der Waals surface area contributed by atoms with Gasteiger partial charge in [0, 0.05) is 18.0 Å². The molecule has 0 radical (unpaired) electrons. The standard InChI is InChI=1S/C12H20BrNS/c1-9(2)12(3,4)8-14-7-10-5-6-11(13)15-10/h5-6,9,14H,7-8H2,1-4H3. The number of hydrogen-bond acceptors (Lipinski definition) is 2. The summed E-state index contributed by atoms with van der Waals surface area (Å²) in [5.74, 6) is 0.708. The fraction of sp³-hybridized carbons (Fsp3) is 0.667. The summed E-state index contributed by atoms with van der Waals surface area (Å²) in [4.78, 5) is 1.39. The Morgan fingerprint density at radius 1 is 1.40 bits per heavy atom. The SMILES string of the molecule is CC(C)C(C)(C)CNCc1ccc(Br)s1. The van der Waals surface area contributed by atoms with Crippen molar-refractivity contribution in [2.75, 3.05) is 6.54 Å².